The highest BCUT2D eigenvalue weighted by Crippen LogP contribution is 2.34. The average Bonchev–Trinajstić information content (AvgIpc) is 2.14. The Hall–Kier alpha value is -0.0800. The lowest BCUT2D eigenvalue weighted by Gasteiger charge is -2.39. The van der Waals surface area contributed by atoms with E-state index < -0.39 is 0 Å². The van der Waals surface area contributed by atoms with Crippen LogP contribution in [0.25, 0.3) is 0 Å². The lowest BCUT2D eigenvalue weighted by molar-refractivity contribution is 0.193. The fraction of sp³-hybridized carbons (Fsp3) is 1.00. The Morgan fingerprint density at radius 3 is 3.11 bits per heavy atom. The van der Waals surface area contributed by atoms with Crippen molar-refractivity contribution >= 4 is 0 Å². The summed E-state index contributed by atoms with van der Waals surface area (Å²) in [6, 6.07) is 1.69. The Balaban J connectivity index is 1.93. The zero-order valence-electron chi connectivity index (χ0n) is 5.85. The molecule has 2 nitrogen and oxygen atoms in total. The van der Waals surface area contributed by atoms with Crippen LogP contribution in [0.5, 0.6) is 0 Å². The van der Waals surface area contributed by atoms with Gasteiger partial charge in [-0.3, -0.25) is 0 Å². The molecule has 2 aliphatic rings. The molecule has 2 fully saturated rings. The molecule has 0 amide bonds. The van der Waals surface area contributed by atoms with Gasteiger partial charge in [0.1, 0.15) is 0 Å². The Kier molecular flexibility index (Phi) is 1.24. The molecule has 3 unspecified atom stereocenters. The summed E-state index contributed by atoms with van der Waals surface area (Å²) in [6.07, 6.45) is 2.73. The van der Waals surface area contributed by atoms with E-state index in [0.717, 1.165) is 18.0 Å². The lowest BCUT2D eigenvalue weighted by atomic mass is 9.75. The van der Waals surface area contributed by atoms with E-state index in [0.29, 0.717) is 0 Å². The van der Waals surface area contributed by atoms with Crippen LogP contribution in [0.2, 0.25) is 0 Å². The van der Waals surface area contributed by atoms with Gasteiger partial charge in [0.25, 0.3) is 0 Å². The van der Waals surface area contributed by atoms with Gasteiger partial charge in [0.15, 0.2) is 0 Å². The quantitative estimate of drug-likeness (QED) is 0.515. The topological polar surface area (TPSA) is 24.1 Å². The van der Waals surface area contributed by atoms with E-state index >= 15 is 0 Å². The highest BCUT2D eigenvalue weighted by Gasteiger charge is 2.42. The molecule has 3 atom stereocenters. The van der Waals surface area contributed by atoms with Crippen molar-refractivity contribution < 1.29 is 0 Å². The van der Waals surface area contributed by atoms with Crippen LogP contribution >= 0.6 is 0 Å². The van der Waals surface area contributed by atoms with E-state index in [1.807, 2.05) is 0 Å². The zero-order valence-corrected chi connectivity index (χ0v) is 5.85. The fourth-order valence-electron chi connectivity index (χ4n) is 2.11. The summed E-state index contributed by atoms with van der Waals surface area (Å²) in [6.45, 7) is 1.24. The lowest BCUT2D eigenvalue weighted by Crippen LogP contribution is -2.53. The SMILES string of the molecule is CNC1CC2NCCC12. The smallest absolute Gasteiger partial charge is 0.0126 e. The van der Waals surface area contributed by atoms with Crippen LogP contribution in [0.3, 0.4) is 0 Å². The molecule has 0 radical (unpaired) electrons. The molecule has 0 aromatic carbocycles. The van der Waals surface area contributed by atoms with Crippen LogP contribution in [0.1, 0.15) is 12.8 Å². The minimum absolute atomic E-state index is 0.824. The number of fused-ring (bicyclic) bond motifs is 1. The molecule has 0 aromatic heterocycles. The molecule has 1 saturated heterocycles. The van der Waals surface area contributed by atoms with Gasteiger partial charge in [-0.25, -0.2) is 0 Å². The summed E-state index contributed by atoms with van der Waals surface area (Å²) in [7, 11) is 2.07. The Labute approximate surface area is 56.0 Å². The Morgan fingerprint density at radius 2 is 2.44 bits per heavy atom. The summed E-state index contributed by atoms with van der Waals surface area (Å²) in [5, 5.41) is 6.81. The maximum atomic E-state index is 3.48. The molecule has 2 N–H and O–H groups in total. The van der Waals surface area contributed by atoms with Crippen molar-refractivity contribution in [3.8, 4) is 0 Å². The van der Waals surface area contributed by atoms with Gasteiger partial charge in [-0.05, 0) is 32.4 Å². The molecule has 1 saturated carbocycles. The molecular formula is C7H14N2. The van der Waals surface area contributed by atoms with Crippen molar-refractivity contribution in [3.63, 3.8) is 0 Å². The number of hydrogen-bond donors (Lipinski definition) is 2. The van der Waals surface area contributed by atoms with Gasteiger partial charge >= 0.3 is 0 Å². The summed E-state index contributed by atoms with van der Waals surface area (Å²) >= 11 is 0. The van der Waals surface area contributed by atoms with Gasteiger partial charge < -0.3 is 10.6 Å². The highest BCUT2D eigenvalue weighted by atomic mass is 15.0. The molecule has 1 aliphatic heterocycles. The highest BCUT2D eigenvalue weighted by molar-refractivity contribution is 5.02. The van der Waals surface area contributed by atoms with Crippen LogP contribution in [0, 0.1) is 5.92 Å². The van der Waals surface area contributed by atoms with Crippen molar-refractivity contribution in [1.82, 2.24) is 10.6 Å². The van der Waals surface area contributed by atoms with Gasteiger partial charge in [-0.2, -0.15) is 0 Å². The summed E-state index contributed by atoms with van der Waals surface area (Å²) in [5.41, 5.74) is 0. The van der Waals surface area contributed by atoms with Crippen molar-refractivity contribution in [2.24, 2.45) is 5.92 Å². The first-order chi connectivity index (χ1) is 4.42. The van der Waals surface area contributed by atoms with Crippen LogP contribution < -0.4 is 10.6 Å². The molecular weight excluding hydrogens is 112 g/mol. The predicted octanol–water partition coefficient (Wildman–Crippen LogP) is -0.0438. The number of rotatable bonds is 1. The van der Waals surface area contributed by atoms with E-state index in [4.69, 9.17) is 0 Å². The van der Waals surface area contributed by atoms with Crippen LogP contribution in [0.4, 0.5) is 0 Å². The predicted molar refractivity (Wildman–Crippen MR) is 37.4 cm³/mol. The number of hydrogen-bond acceptors (Lipinski definition) is 2. The molecule has 2 rings (SSSR count). The number of nitrogens with one attached hydrogen (secondary N) is 2. The fourth-order valence-corrected chi connectivity index (χ4v) is 2.11. The summed E-state index contributed by atoms with van der Waals surface area (Å²) in [4.78, 5) is 0. The first-order valence-electron chi connectivity index (χ1n) is 3.82. The van der Waals surface area contributed by atoms with Gasteiger partial charge in [0.05, 0.1) is 0 Å². The van der Waals surface area contributed by atoms with Gasteiger partial charge in [-0.1, -0.05) is 0 Å². The van der Waals surface area contributed by atoms with Gasteiger partial charge in [-0.15, -0.1) is 0 Å². The minimum atomic E-state index is 0.824. The van der Waals surface area contributed by atoms with Crippen molar-refractivity contribution in [1.29, 1.82) is 0 Å². The molecule has 0 aromatic rings. The summed E-state index contributed by atoms with van der Waals surface area (Å²) < 4.78 is 0. The minimum Gasteiger partial charge on any atom is -0.317 e. The van der Waals surface area contributed by atoms with E-state index in [1.54, 1.807) is 0 Å². The molecule has 0 spiro atoms. The van der Waals surface area contributed by atoms with Crippen LogP contribution in [0.15, 0.2) is 0 Å². The zero-order chi connectivity index (χ0) is 6.27. The Bertz CT molecular complexity index is 113. The second kappa shape index (κ2) is 1.96. The molecule has 2 heteroatoms. The van der Waals surface area contributed by atoms with Crippen LogP contribution in [-0.4, -0.2) is 25.7 Å². The Morgan fingerprint density at radius 1 is 1.56 bits per heavy atom. The van der Waals surface area contributed by atoms with Crippen molar-refractivity contribution in [3.05, 3.63) is 0 Å². The molecule has 0 bridgehead atoms. The van der Waals surface area contributed by atoms with Gasteiger partial charge in [0.2, 0.25) is 0 Å². The average molecular weight is 126 g/mol. The molecule has 1 aliphatic carbocycles. The second-order valence-electron chi connectivity index (χ2n) is 3.14. The first-order valence-corrected chi connectivity index (χ1v) is 3.82. The first kappa shape index (κ1) is 5.69. The third-order valence-electron chi connectivity index (χ3n) is 2.80. The summed E-state index contributed by atoms with van der Waals surface area (Å²) in [5.74, 6) is 0.954. The standard InChI is InChI=1S/C7H14N2/c1-8-6-4-7-5(6)2-3-9-7/h5-9H,2-4H2,1H3. The van der Waals surface area contributed by atoms with Crippen LogP contribution in [-0.2, 0) is 0 Å². The van der Waals surface area contributed by atoms with E-state index in [9.17, 15) is 0 Å². The van der Waals surface area contributed by atoms with Gasteiger partial charge in [0, 0.05) is 12.1 Å². The maximum Gasteiger partial charge on any atom is 0.0126 e. The van der Waals surface area contributed by atoms with E-state index in [1.165, 1.54) is 19.4 Å². The maximum absolute atomic E-state index is 3.48. The normalized spacial score (nSPS) is 48.3. The largest absolute Gasteiger partial charge is 0.317 e. The third kappa shape index (κ3) is 0.700. The molecule has 9 heavy (non-hydrogen) atoms. The van der Waals surface area contributed by atoms with E-state index in [-0.39, 0.29) is 0 Å². The van der Waals surface area contributed by atoms with E-state index in [2.05, 4.69) is 17.7 Å². The van der Waals surface area contributed by atoms with Crippen molar-refractivity contribution in [2.75, 3.05) is 13.6 Å². The van der Waals surface area contributed by atoms with Crippen molar-refractivity contribution in [2.45, 2.75) is 24.9 Å². The second-order valence-corrected chi connectivity index (χ2v) is 3.14. The third-order valence-corrected chi connectivity index (χ3v) is 2.80. The molecule has 52 valence electrons. The monoisotopic (exact) mass is 126 g/mol. The molecule has 1 heterocycles.